The molecular formula is C16H29N5. The fourth-order valence-corrected chi connectivity index (χ4v) is 2.77. The second kappa shape index (κ2) is 8.29. The summed E-state index contributed by atoms with van der Waals surface area (Å²) < 4.78 is 0. The molecule has 1 aliphatic rings. The van der Waals surface area contributed by atoms with Crippen LogP contribution in [0.2, 0.25) is 0 Å². The first-order valence-corrected chi connectivity index (χ1v) is 8.12. The monoisotopic (exact) mass is 291 g/mol. The Balaban J connectivity index is 1.80. The van der Waals surface area contributed by atoms with Crippen LogP contribution >= 0.6 is 0 Å². The molecular weight excluding hydrogens is 262 g/mol. The fraction of sp³-hybridized carbons (Fsp3) is 0.750. The Morgan fingerprint density at radius 2 is 2.05 bits per heavy atom. The van der Waals surface area contributed by atoms with E-state index in [2.05, 4.69) is 58.5 Å². The van der Waals surface area contributed by atoms with Crippen LogP contribution < -0.4 is 10.2 Å². The average Bonchev–Trinajstić information content (AvgIpc) is 2.50. The van der Waals surface area contributed by atoms with Crippen LogP contribution in [0.5, 0.6) is 0 Å². The van der Waals surface area contributed by atoms with Gasteiger partial charge in [0.05, 0.1) is 5.69 Å². The van der Waals surface area contributed by atoms with Gasteiger partial charge < -0.3 is 15.1 Å². The molecule has 1 aliphatic heterocycles. The molecule has 0 bridgehead atoms. The number of likely N-dealkylation sites (tertiary alicyclic amines) is 1. The van der Waals surface area contributed by atoms with Crippen molar-refractivity contribution in [3.63, 3.8) is 0 Å². The Labute approximate surface area is 128 Å². The van der Waals surface area contributed by atoms with Crippen LogP contribution in [-0.4, -0.2) is 55.4 Å². The smallest absolute Gasteiger partial charge is 0.150 e. The van der Waals surface area contributed by atoms with Crippen LogP contribution in [-0.2, 0) is 6.54 Å². The van der Waals surface area contributed by atoms with Crippen LogP contribution in [0.1, 0.15) is 31.9 Å². The van der Waals surface area contributed by atoms with Crippen LogP contribution in [0.25, 0.3) is 0 Å². The highest BCUT2D eigenvalue weighted by Gasteiger charge is 2.18. The van der Waals surface area contributed by atoms with Crippen molar-refractivity contribution >= 4 is 5.82 Å². The molecule has 5 nitrogen and oxygen atoms in total. The molecule has 1 N–H and O–H groups in total. The Hall–Kier alpha value is -1.20. The van der Waals surface area contributed by atoms with E-state index in [1.165, 1.54) is 25.9 Å². The van der Waals surface area contributed by atoms with Crippen LogP contribution in [0, 0.1) is 5.92 Å². The predicted octanol–water partition coefficient (Wildman–Crippen LogP) is 1.75. The zero-order valence-electron chi connectivity index (χ0n) is 13.7. The summed E-state index contributed by atoms with van der Waals surface area (Å²) in [5.41, 5.74) is 1.01. The Bertz CT molecular complexity index is 398. The van der Waals surface area contributed by atoms with Crippen molar-refractivity contribution in [1.29, 1.82) is 0 Å². The molecule has 1 aromatic heterocycles. The van der Waals surface area contributed by atoms with E-state index in [9.17, 15) is 0 Å². The maximum absolute atomic E-state index is 4.36. The van der Waals surface area contributed by atoms with Gasteiger partial charge in [-0.3, -0.25) is 0 Å². The fourth-order valence-electron chi connectivity index (χ4n) is 2.77. The highest BCUT2D eigenvalue weighted by Crippen LogP contribution is 2.19. The average molecular weight is 291 g/mol. The van der Waals surface area contributed by atoms with Crippen molar-refractivity contribution in [2.24, 2.45) is 5.92 Å². The predicted molar refractivity (Wildman–Crippen MR) is 87.5 cm³/mol. The van der Waals surface area contributed by atoms with E-state index in [0.29, 0.717) is 0 Å². The number of hydrogen-bond acceptors (Lipinski definition) is 5. The molecule has 0 unspecified atom stereocenters. The van der Waals surface area contributed by atoms with Gasteiger partial charge in [0.1, 0.15) is 0 Å². The van der Waals surface area contributed by atoms with Crippen molar-refractivity contribution < 1.29 is 0 Å². The van der Waals surface area contributed by atoms with Gasteiger partial charge in [-0.2, -0.15) is 5.10 Å². The lowest BCUT2D eigenvalue weighted by molar-refractivity contribution is 0.222. The van der Waals surface area contributed by atoms with Crippen molar-refractivity contribution in [2.45, 2.75) is 32.7 Å². The molecule has 0 radical (unpaired) electrons. The van der Waals surface area contributed by atoms with Gasteiger partial charge in [-0.25, -0.2) is 0 Å². The number of anilines is 1. The number of nitrogens with one attached hydrogen (secondary N) is 1. The largest absolute Gasteiger partial charge is 0.358 e. The molecule has 0 amide bonds. The molecule has 21 heavy (non-hydrogen) atoms. The SMILES string of the molecule is CCCNCc1ccc(N(C)CC2CCN(C)CC2)nn1. The third kappa shape index (κ3) is 5.25. The Kier molecular flexibility index (Phi) is 6.39. The molecule has 0 aromatic carbocycles. The van der Waals surface area contributed by atoms with E-state index in [4.69, 9.17) is 0 Å². The summed E-state index contributed by atoms with van der Waals surface area (Å²) >= 11 is 0. The molecule has 1 aromatic rings. The number of aromatic nitrogens is 2. The van der Waals surface area contributed by atoms with Gasteiger partial charge in [-0.05, 0) is 64.0 Å². The number of rotatable bonds is 7. The molecule has 0 atom stereocenters. The topological polar surface area (TPSA) is 44.3 Å². The van der Waals surface area contributed by atoms with Gasteiger partial charge in [0.15, 0.2) is 5.82 Å². The molecule has 0 spiro atoms. The number of hydrogen-bond donors (Lipinski definition) is 1. The van der Waals surface area contributed by atoms with Gasteiger partial charge in [-0.15, -0.1) is 5.10 Å². The zero-order chi connectivity index (χ0) is 15.1. The van der Waals surface area contributed by atoms with Gasteiger partial charge in [0, 0.05) is 20.1 Å². The second-order valence-electron chi connectivity index (χ2n) is 6.19. The summed E-state index contributed by atoms with van der Waals surface area (Å²) in [6, 6.07) is 4.17. The molecule has 0 saturated carbocycles. The van der Waals surface area contributed by atoms with Gasteiger partial charge in [0.25, 0.3) is 0 Å². The lowest BCUT2D eigenvalue weighted by atomic mass is 9.97. The summed E-state index contributed by atoms with van der Waals surface area (Å²) in [5, 5.41) is 12.0. The van der Waals surface area contributed by atoms with E-state index in [0.717, 1.165) is 43.5 Å². The molecule has 1 saturated heterocycles. The highest BCUT2D eigenvalue weighted by molar-refractivity contribution is 5.36. The van der Waals surface area contributed by atoms with Crippen LogP contribution in [0.4, 0.5) is 5.82 Å². The molecule has 2 heterocycles. The van der Waals surface area contributed by atoms with Crippen molar-refractivity contribution in [3.05, 3.63) is 17.8 Å². The summed E-state index contributed by atoms with van der Waals surface area (Å²) in [4.78, 5) is 4.65. The standard InChI is InChI=1S/C16H29N5/c1-4-9-17-12-15-5-6-16(19-18-15)21(3)13-14-7-10-20(2)11-8-14/h5-6,14,17H,4,7-13H2,1-3H3. The van der Waals surface area contributed by atoms with Crippen molar-refractivity contribution in [1.82, 2.24) is 20.4 Å². The minimum atomic E-state index is 0.777. The lowest BCUT2D eigenvalue weighted by Crippen LogP contribution is -2.36. The molecule has 118 valence electrons. The van der Waals surface area contributed by atoms with E-state index in [1.54, 1.807) is 0 Å². The maximum Gasteiger partial charge on any atom is 0.150 e. The van der Waals surface area contributed by atoms with E-state index in [1.807, 2.05) is 0 Å². The first-order valence-electron chi connectivity index (χ1n) is 8.12. The van der Waals surface area contributed by atoms with Crippen molar-refractivity contribution in [3.8, 4) is 0 Å². The summed E-state index contributed by atoms with van der Waals surface area (Å²) in [6.07, 6.45) is 3.71. The van der Waals surface area contributed by atoms with Crippen molar-refractivity contribution in [2.75, 3.05) is 45.2 Å². The molecule has 5 heteroatoms. The third-order valence-electron chi connectivity index (χ3n) is 4.20. The Morgan fingerprint density at radius 3 is 2.67 bits per heavy atom. The second-order valence-corrected chi connectivity index (χ2v) is 6.19. The summed E-state index contributed by atoms with van der Waals surface area (Å²) in [6.45, 7) is 7.51. The van der Waals surface area contributed by atoms with E-state index in [-0.39, 0.29) is 0 Å². The molecule has 2 rings (SSSR count). The third-order valence-corrected chi connectivity index (χ3v) is 4.20. The lowest BCUT2D eigenvalue weighted by Gasteiger charge is -2.31. The minimum absolute atomic E-state index is 0.777. The van der Waals surface area contributed by atoms with Gasteiger partial charge in [0.2, 0.25) is 0 Å². The summed E-state index contributed by atoms with van der Waals surface area (Å²) in [7, 11) is 4.33. The van der Waals surface area contributed by atoms with E-state index < -0.39 is 0 Å². The normalized spacial score (nSPS) is 17.1. The quantitative estimate of drug-likeness (QED) is 0.776. The first kappa shape index (κ1) is 16.2. The highest BCUT2D eigenvalue weighted by atomic mass is 15.2. The minimum Gasteiger partial charge on any atom is -0.358 e. The van der Waals surface area contributed by atoms with Gasteiger partial charge in [-0.1, -0.05) is 6.92 Å². The number of nitrogens with zero attached hydrogens (tertiary/aromatic N) is 4. The maximum atomic E-state index is 4.36. The Morgan fingerprint density at radius 1 is 1.29 bits per heavy atom. The first-order chi connectivity index (χ1) is 10.2. The molecule has 1 fully saturated rings. The molecule has 0 aliphatic carbocycles. The number of piperidine rings is 1. The summed E-state index contributed by atoms with van der Waals surface area (Å²) in [5.74, 6) is 1.76. The van der Waals surface area contributed by atoms with Gasteiger partial charge >= 0.3 is 0 Å². The zero-order valence-corrected chi connectivity index (χ0v) is 13.7. The van der Waals surface area contributed by atoms with Crippen LogP contribution in [0.15, 0.2) is 12.1 Å². The van der Waals surface area contributed by atoms with Crippen LogP contribution in [0.3, 0.4) is 0 Å². The van der Waals surface area contributed by atoms with E-state index >= 15 is 0 Å².